The van der Waals surface area contributed by atoms with Gasteiger partial charge in [0.05, 0.1) is 23.2 Å². The van der Waals surface area contributed by atoms with Crippen molar-refractivity contribution in [1.82, 2.24) is 15.3 Å². The number of hydrogen-bond acceptors (Lipinski definition) is 4. The van der Waals surface area contributed by atoms with Crippen LogP contribution in [0.4, 0.5) is 13.2 Å². The van der Waals surface area contributed by atoms with Gasteiger partial charge in [-0.1, -0.05) is 11.6 Å². The molecule has 0 amide bonds. The number of halogens is 4. The van der Waals surface area contributed by atoms with Crippen LogP contribution in [0, 0.1) is 0 Å². The molecule has 3 atom stereocenters. The Hall–Kier alpha value is -1.09. The summed E-state index contributed by atoms with van der Waals surface area (Å²) in [7, 11) is 0. The molecule has 2 aliphatic heterocycles. The number of thiophene rings is 1. The van der Waals surface area contributed by atoms with Crippen LogP contribution in [0.2, 0.25) is 4.34 Å². The zero-order valence-electron chi connectivity index (χ0n) is 13.4. The number of fused-ring (bicyclic) bond motifs is 2. The van der Waals surface area contributed by atoms with Crippen LogP contribution in [0.5, 0.6) is 0 Å². The summed E-state index contributed by atoms with van der Waals surface area (Å²) in [6, 6.07) is 1.71. The minimum Gasteiger partial charge on any atom is -0.369 e. The Balaban J connectivity index is 1.68. The molecule has 0 radical (unpaired) electrons. The minimum atomic E-state index is -4.43. The summed E-state index contributed by atoms with van der Waals surface area (Å²) in [6.45, 7) is 2.60. The SMILES string of the molecule is CC1CC2(CC(c3ncc(C(F)(F)F)[nH]3)N1)OCCc1cc(Cl)sc12. The molecular weight excluding hydrogens is 375 g/mol. The van der Waals surface area contributed by atoms with Gasteiger partial charge in [-0.3, -0.25) is 0 Å². The second-order valence-corrected chi connectivity index (χ2v) is 8.39. The highest BCUT2D eigenvalue weighted by Gasteiger charge is 2.47. The van der Waals surface area contributed by atoms with Crippen LogP contribution in [0.3, 0.4) is 0 Å². The third kappa shape index (κ3) is 3.09. The Morgan fingerprint density at radius 2 is 2.20 bits per heavy atom. The van der Waals surface area contributed by atoms with E-state index >= 15 is 0 Å². The van der Waals surface area contributed by atoms with Gasteiger partial charge < -0.3 is 15.0 Å². The van der Waals surface area contributed by atoms with Gasteiger partial charge in [0.1, 0.15) is 17.1 Å². The fraction of sp³-hybridized carbons (Fsp3) is 0.562. The van der Waals surface area contributed by atoms with Gasteiger partial charge in [0.15, 0.2) is 0 Å². The third-order valence-corrected chi connectivity index (χ3v) is 6.32. The predicted octanol–water partition coefficient (Wildman–Crippen LogP) is 4.42. The number of aromatic nitrogens is 2. The number of alkyl halides is 3. The number of nitrogens with zero attached hydrogens (tertiary/aromatic N) is 1. The van der Waals surface area contributed by atoms with Gasteiger partial charge in [0.2, 0.25) is 0 Å². The summed E-state index contributed by atoms with van der Waals surface area (Å²) in [5.74, 6) is 0.289. The molecule has 136 valence electrons. The first-order valence-electron chi connectivity index (χ1n) is 8.08. The summed E-state index contributed by atoms with van der Waals surface area (Å²) in [6.07, 6.45) is -1.50. The van der Waals surface area contributed by atoms with E-state index in [1.807, 2.05) is 13.0 Å². The molecule has 1 saturated heterocycles. The molecule has 0 aliphatic carbocycles. The molecule has 9 heteroatoms. The predicted molar refractivity (Wildman–Crippen MR) is 88.8 cm³/mol. The topological polar surface area (TPSA) is 49.9 Å². The average molecular weight is 392 g/mol. The van der Waals surface area contributed by atoms with Gasteiger partial charge in [0.25, 0.3) is 0 Å². The molecule has 2 aliphatic rings. The fourth-order valence-corrected chi connectivity index (χ4v) is 5.36. The number of hydrogen-bond donors (Lipinski definition) is 2. The Labute approximate surface area is 151 Å². The van der Waals surface area contributed by atoms with E-state index in [2.05, 4.69) is 15.3 Å². The van der Waals surface area contributed by atoms with E-state index in [1.165, 1.54) is 16.9 Å². The standard InChI is InChI=1S/C16H17ClF3N3OS/c1-8-5-15(13-9(2-3-24-15)4-12(17)25-13)6-10(22-8)14-21-7-11(23-14)16(18,19)20/h4,7-8,10,22H,2-3,5-6H2,1H3,(H,21,23). The van der Waals surface area contributed by atoms with Crippen molar-refractivity contribution < 1.29 is 17.9 Å². The van der Waals surface area contributed by atoms with Gasteiger partial charge >= 0.3 is 6.18 Å². The first kappa shape index (κ1) is 17.3. The number of piperidine rings is 1. The third-order valence-electron chi connectivity index (χ3n) is 4.83. The molecule has 3 unspecified atom stereocenters. The summed E-state index contributed by atoms with van der Waals surface area (Å²) in [5.41, 5.74) is -0.170. The summed E-state index contributed by atoms with van der Waals surface area (Å²) < 4.78 is 45.5. The molecule has 0 saturated carbocycles. The van der Waals surface area contributed by atoms with Gasteiger partial charge in [0, 0.05) is 17.3 Å². The van der Waals surface area contributed by atoms with Crippen LogP contribution in [0.25, 0.3) is 0 Å². The van der Waals surface area contributed by atoms with E-state index in [4.69, 9.17) is 16.3 Å². The first-order chi connectivity index (χ1) is 11.8. The second kappa shape index (κ2) is 5.97. The molecule has 4 nitrogen and oxygen atoms in total. The summed E-state index contributed by atoms with van der Waals surface area (Å²) >= 11 is 7.71. The normalized spacial score (nSPS) is 29.8. The highest BCUT2D eigenvalue weighted by molar-refractivity contribution is 7.16. The van der Waals surface area contributed by atoms with E-state index in [1.54, 1.807) is 0 Å². The number of H-pyrrole nitrogens is 1. The van der Waals surface area contributed by atoms with Crippen LogP contribution < -0.4 is 5.32 Å². The number of aromatic amines is 1. The van der Waals surface area contributed by atoms with Crippen LogP contribution >= 0.6 is 22.9 Å². The highest BCUT2D eigenvalue weighted by Crippen LogP contribution is 2.49. The molecule has 1 spiro atoms. The van der Waals surface area contributed by atoms with E-state index in [0.29, 0.717) is 13.0 Å². The minimum absolute atomic E-state index is 0.0741. The Kier molecular flexibility index (Phi) is 4.14. The van der Waals surface area contributed by atoms with Crippen molar-refractivity contribution in [2.45, 2.75) is 50.0 Å². The molecular formula is C16H17ClF3N3OS. The van der Waals surface area contributed by atoms with Crippen molar-refractivity contribution in [1.29, 1.82) is 0 Å². The van der Waals surface area contributed by atoms with E-state index in [0.717, 1.165) is 28.3 Å². The maximum atomic E-state index is 12.9. The molecule has 2 aromatic rings. The van der Waals surface area contributed by atoms with Crippen molar-refractivity contribution >= 4 is 22.9 Å². The maximum absolute atomic E-state index is 12.9. The molecule has 0 aromatic carbocycles. The van der Waals surface area contributed by atoms with E-state index < -0.39 is 17.5 Å². The van der Waals surface area contributed by atoms with Gasteiger partial charge in [-0.05, 0) is 31.4 Å². The lowest BCUT2D eigenvalue weighted by atomic mass is 9.79. The van der Waals surface area contributed by atoms with Gasteiger partial charge in [-0.2, -0.15) is 13.2 Å². The maximum Gasteiger partial charge on any atom is 0.432 e. The lowest BCUT2D eigenvalue weighted by molar-refractivity contribution is -0.141. The van der Waals surface area contributed by atoms with Crippen molar-refractivity contribution in [3.63, 3.8) is 0 Å². The Morgan fingerprint density at radius 3 is 2.92 bits per heavy atom. The molecule has 25 heavy (non-hydrogen) atoms. The van der Waals surface area contributed by atoms with E-state index in [-0.39, 0.29) is 17.9 Å². The van der Waals surface area contributed by atoms with Crippen molar-refractivity contribution in [2.24, 2.45) is 0 Å². The number of rotatable bonds is 1. The van der Waals surface area contributed by atoms with E-state index in [9.17, 15) is 13.2 Å². The van der Waals surface area contributed by atoms with Gasteiger partial charge in [-0.15, -0.1) is 11.3 Å². The van der Waals surface area contributed by atoms with Crippen molar-refractivity contribution in [3.05, 3.63) is 38.6 Å². The fourth-order valence-electron chi connectivity index (χ4n) is 3.89. The zero-order valence-corrected chi connectivity index (χ0v) is 15.0. The average Bonchev–Trinajstić information content (AvgIpc) is 3.13. The van der Waals surface area contributed by atoms with Crippen molar-refractivity contribution in [2.75, 3.05) is 6.61 Å². The van der Waals surface area contributed by atoms with Crippen LogP contribution in [-0.4, -0.2) is 22.6 Å². The monoisotopic (exact) mass is 391 g/mol. The number of imidazole rings is 1. The largest absolute Gasteiger partial charge is 0.432 e. The van der Waals surface area contributed by atoms with Crippen molar-refractivity contribution in [3.8, 4) is 0 Å². The molecule has 2 N–H and O–H groups in total. The lowest BCUT2D eigenvalue weighted by Gasteiger charge is -2.45. The zero-order chi connectivity index (χ0) is 17.8. The number of nitrogens with one attached hydrogen (secondary N) is 2. The summed E-state index contributed by atoms with van der Waals surface area (Å²) in [5, 5.41) is 3.34. The van der Waals surface area contributed by atoms with Crippen LogP contribution in [0.15, 0.2) is 12.3 Å². The molecule has 4 heterocycles. The van der Waals surface area contributed by atoms with Crippen LogP contribution in [0.1, 0.15) is 47.8 Å². The highest BCUT2D eigenvalue weighted by atomic mass is 35.5. The molecule has 1 fully saturated rings. The Morgan fingerprint density at radius 1 is 1.40 bits per heavy atom. The summed E-state index contributed by atoms with van der Waals surface area (Å²) in [4.78, 5) is 7.48. The second-order valence-electron chi connectivity index (χ2n) is 6.71. The molecule has 2 aromatic heterocycles. The lowest BCUT2D eigenvalue weighted by Crippen LogP contribution is -2.49. The van der Waals surface area contributed by atoms with Gasteiger partial charge in [-0.25, -0.2) is 4.98 Å². The Bertz CT molecular complexity index is 790. The molecule has 4 rings (SSSR count). The first-order valence-corrected chi connectivity index (χ1v) is 9.27. The number of ether oxygens (including phenoxy) is 1. The van der Waals surface area contributed by atoms with Crippen LogP contribution in [-0.2, 0) is 22.9 Å². The quantitative estimate of drug-likeness (QED) is 0.756. The smallest absolute Gasteiger partial charge is 0.369 e. The molecule has 0 bridgehead atoms.